The van der Waals surface area contributed by atoms with E-state index in [1.54, 1.807) is 11.3 Å². The van der Waals surface area contributed by atoms with Crippen LogP contribution in [-0.2, 0) is 6.42 Å². The zero-order valence-electron chi connectivity index (χ0n) is 11.9. The molecule has 0 spiro atoms. The van der Waals surface area contributed by atoms with Gasteiger partial charge in [-0.2, -0.15) is 0 Å². The molecule has 0 radical (unpaired) electrons. The van der Waals surface area contributed by atoms with Gasteiger partial charge in [0.25, 0.3) is 0 Å². The molecule has 106 valence electrons. The van der Waals surface area contributed by atoms with Crippen LogP contribution in [0.4, 0.5) is 5.69 Å². The largest absolute Gasteiger partial charge is 0.385 e. The van der Waals surface area contributed by atoms with Gasteiger partial charge in [-0.1, -0.05) is 30.3 Å². The molecule has 3 aromatic rings. The van der Waals surface area contributed by atoms with Crippen molar-refractivity contribution in [3.63, 3.8) is 0 Å². The van der Waals surface area contributed by atoms with E-state index in [9.17, 15) is 0 Å². The highest BCUT2D eigenvalue weighted by molar-refractivity contribution is 7.10. The number of anilines is 1. The second-order valence-electron chi connectivity index (χ2n) is 4.74. The maximum absolute atomic E-state index is 4.71. The molecular weight excluding hydrogens is 278 g/mol. The second kappa shape index (κ2) is 6.50. The van der Waals surface area contributed by atoms with Gasteiger partial charge in [-0.25, -0.2) is 4.98 Å². The summed E-state index contributed by atoms with van der Waals surface area (Å²) in [6.45, 7) is 3.01. The van der Waals surface area contributed by atoms with Gasteiger partial charge in [0.15, 0.2) is 0 Å². The van der Waals surface area contributed by atoms with Crippen LogP contribution in [0.1, 0.15) is 17.6 Å². The van der Waals surface area contributed by atoms with E-state index in [1.807, 2.05) is 30.5 Å². The molecule has 0 amide bonds. The molecule has 1 aromatic carbocycles. The fraction of sp³-hybridized carbons (Fsp3) is 0.176. The molecular formula is C17H17N3S. The summed E-state index contributed by atoms with van der Waals surface area (Å²) in [5.74, 6) is 0. The molecule has 2 aromatic heterocycles. The molecule has 0 aliphatic rings. The lowest BCUT2D eigenvalue weighted by molar-refractivity contribution is 1.05. The van der Waals surface area contributed by atoms with Gasteiger partial charge in [0.05, 0.1) is 10.7 Å². The van der Waals surface area contributed by atoms with Crippen molar-refractivity contribution in [2.75, 3.05) is 11.9 Å². The van der Waals surface area contributed by atoms with Crippen LogP contribution in [0.2, 0.25) is 0 Å². The van der Waals surface area contributed by atoms with E-state index in [1.165, 1.54) is 0 Å². The Morgan fingerprint density at radius 1 is 1.14 bits per heavy atom. The molecule has 0 aliphatic carbocycles. The number of aromatic nitrogens is 2. The van der Waals surface area contributed by atoms with Crippen molar-refractivity contribution in [1.29, 1.82) is 0 Å². The summed E-state index contributed by atoms with van der Waals surface area (Å²) < 4.78 is 0. The summed E-state index contributed by atoms with van der Waals surface area (Å²) in [7, 11) is 0. The van der Waals surface area contributed by atoms with Crippen molar-refractivity contribution < 1.29 is 0 Å². The van der Waals surface area contributed by atoms with E-state index in [0.717, 1.165) is 40.6 Å². The first-order valence-electron chi connectivity index (χ1n) is 7.04. The third-order valence-electron chi connectivity index (χ3n) is 3.15. The molecule has 0 atom stereocenters. The minimum absolute atomic E-state index is 0.775. The predicted octanol–water partition coefficient (Wildman–Crippen LogP) is 4.23. The first-order valence-corrected chi connectivity index (χ1v) is 7.91. The van der Waals surface area contributed by atoms with Crippen LogP contribution in [0.25, 0.3) is 11.3 Å². The molecule has 4 heteroatoms. The van der Waals surface area contributed by atoms with Crippen molar-refractivity contribution in [2.24, 2.45) is 0 Å². The number of hydrogen-bond acceptors (Lipinski definition) is 4. The van der Waals surface area contributed by atoms with Crippen LogP contribution in [-0.4, -0.2) is 16.5 Å². The SMILES string of the molecule is CCNc1ccnc(Cc2nc(-c3ccccc3)cs2)c1. The van der Waals surface area contributed by atoms with Gasteiger partial charge in [-0.05, 0) is 19.1 Å². The smallest absolute Gasteiger partial charge is 0.0992 e. The molecule has 0 unspecified atom stereocenters. The molecule has 2 heterocycles. The number of nitrogens with one attached hydrogen (secondary N) is 1. The predicted molar refractivity (Wildman–Crippen MR) is 88.8 cm³/mol. The summed E-state index contributed by atoms with van der Waals surface area (Å²) >= 11 is 1.69. The highest BCUT2D eigenvalue weighted by Crippen LogP contribution is 2.23. The number of pyridine rings is 1. The summed E-state index contributed by atoms with van der Waals surface area (Å²) in [4.78, 5) is 9.14. The normalized spacial score (nSPS) is 10.5. The second-order valence-corrected chi connectivity index (χ2v) is 5.68. The van der Waals surface area contributed by atoms with Gasteiger partial charge < -0.3 is 5.32 Å². The van der Waals surface area contributed by atoms with E-state index >= 15 is 0 Å². The quantitative estimate of drug-likeness (QED) is 0.765. The van der Waals surface area contributed by atoms with E-state index in [4.69, 9.17) is 4.98 Å². The Morgan fingerprint density at radius 3 is 2.81 bits per heavy atom. The Labute approximate surface area is 128 Å². The molecule has 0 saturated heterocycles. The third-order valence-corrected chi connectivity index (χ3v) is 4.00. The van der Waals surface area contributed by atoms with Crippen LogP contribution in [0.3, 0.4) is 0 Å². The van der Waals surface area contributed by atoms with E-state index in [2.05, 4.69) is 40.8 Å². The third kappa shape index (κ3) is 3.47. The number of hydrogen-bond donors (Lipinski definition) is 1. The molecule has 0 bridgehead atoms. The molecule has 1 N–H and O–H groups in total. The Hall–Kier alpha value is -2.20. The lowest BCUT2D eigenvalue weighted by Gasteiger charge is -2.04. The lowest BCUT2D eigenvalue weighted by atomic mass is 10.2. The first-order chi connectivity index (χ1) is 10.3. The van der Waals surface area contributed by atoms with E-state index in [0.29, 0.717) is 0 Å². The maximum Gasteiger partial charge on any atom is 0.0992 e. The Morgan fingerprint density at radius 2 is 2.00 bits per heavy atom. The zero-order valence-corrected chi connectivity index (χ0v) is 12.7. The van der Waals surface area contributed by atoms with Crippen LogP contribution in [0, 0.1) is 0 Å². The van der Waals surface area contributed by atoms with Crippen LogP contribution < -0.4 is 5.32 Å². The Bertz CT molecular complexity index is 707. The van der Waals surface area contributed by atoms with Gasteiger partial charge in [-0.15, -0.1) is 11.3 Å². The van der Waals surface area contributed by atoms with E-state index in [-0.39, 0.29) is 0 Å². The molecule has 21 heavy (non-hydrogen) atoms. The molecule has 3 nitrogen and oxygen atoms in total. The van der Waals surface area contributed by atoms with E-state index < -0.39 is 0 Å². The van der Waals surface area contributed by atoms with Crippen molar-refractivity contribution in [2.45, 2.75) is 13.3 Å². The van der Waals surface area contributed by atoms with Crippen molar-refractivity contribution >= 4 is 17.0 Å². The van der Waals surface area contributed by atoms with Gasteiger partial charge in [0.1, 0.15) is 0 Å². The lowest BCUT2D eigenvalue weighted by Crippen LogP contribution is -1.99. The number of benzene rings is 1. The standard InChI is InChI=1S/C17H17N3S/c1-2-18-14-8-9-19-15(10-14)11-17-20-16(12-21-17)13-6-4-3-5-7-13/h3-10,12H,2,11H2,1H3,(H,18,19). The average Bonchev–Trinajstić information content (AvgIpc) is 2.97. The summed E-state index contributed by atoms with van der Waals surface area (Å²) in [5.41, 5.74) is 4.36. The highest BCUT2D eigenvalue weighted by atomic mass is 32.1. The molecule has 0 saturated carbocycles. The number of rotatable bonds is 5. The number of thiazole rings is 1. The Balaban J connectivity index is 1.77. The van der Waals surface area contributed by atoms with Gasteiger partial charge in [0.2, 0.25) is 0 Å². The topological polar surface area (TPSA) is 37.8 Å². The fourth-order valence-electron chi connectivity index (χ4n) is 2.18. The monoisotopic (exact) mass is 295 g/mol. The minimum Gasteiger partial charge on any atom is -0.385 e. The van der Waals surface area contributed by atoms with Crippen LogP contribution >= 0.6 is 11.3 Å². The maximum atomic E-state index is 4.71. The van der Waals surface area contributed by atoms with Crippen molar-refractivity contribution in [1.82, 2.24) is 9.97 Å². The average molecular weight is 295 g/mol. The van der Waals surface area contributed by atoms with Gasteiger partial charge in [-0.3, -0.25) is 4.98 Å². The fourth-order valence-corrected chi connectivity index (χ4v) is 3.00. The minimum atomic E-state index is 0.775. The highest BCUT2D eigenvalue weighted by Gasteiger charge is 2.06. The van der Waals surface area contributed by atoms with Crippen LogP contribution in [0.15, 0.2) is 54.0 Å². The zero-order chi connectivity index (χ0) is 14.5. The summed E-state index contributed by atoms with van der Waals surface area (Å²) in [5, 5.41) is 6.51. The summed E-state index contributed by atoms with van der Waals surface area (Å²) in [6.07, 6.45) is 2.62. The van der Waals surface area contributed by atoms with Gasteiger partial charge in [0, 0.05) is 41.5 Å². The summed E-state index contributed by atoms with van der Waals surface area (Å²) in [6, 6.07) is 14.3. The molecule has 0 fully saturated rings. The first kappa shape index (κ1) is 13.8. The van der Waals surface area contributed by atoms with Crippen molar-refractivity contribution in [3.05, 3.63) is 64.7 Å². The van der Waals surface area contributed by atoms with Crippen molar-refractivity contribution in [3.8, 4) is 11.3 Å². The van der Waals surface area contributed by atoms with Gasteiger partial charge >= 0.3 is 0 Å². The molecule has 0 aliphatic heterocycles. The van der Waals surface area contributed by atoms with Crippen LogP contribution in [0.5, 0.6) is 0 Å². The molecule has 3 rings (SSSR count). The number of nitrogens with zero attached hydrogens (tertiary/aromatic N) is 2. The Kier molecular flexibility index (Phi) is 4.26.